The minimum atomic E-state index is -0.621. The number of nitrogens with zero attached hydrogens (tertiary/aromatic N) is 1. The van der Waals surface area contributed by atoms with Crippen LogP contribution in [0.15, 0.2) is 66.7 Å². The first-order chi connectivity index (χ1) is 12.1. The van der Waals surface area contributed by atoms with Gasteiger partial charge in [-0.2, -0.15) is 0 Å². The van der Waals surface area contributed by atoms with Crippen molar-refractivity contribution in [1.82, 2.24) is 5.06 Å². The standard InChI is InChI=1S/C21H23NO3/c1-21(2)19(15-23)22(24-16-18-11-7-4-8-12-18)20(25-21)14-13-17-9-5-3-6-10-17/h3-15,19-20H,16H2,1-2H3. The Morgan fingerprint density at radius 2 is 1.72 bits per heavy atom. The zero-order chi connectivity index (χ0) is 17.7. The molecule has 25 heavy (non-hydrogen) atoms. The highest BCUT2D eigenvalue weighted by Crippen LogP contribution is 2.33. The summed E-state index contributed by atoms with van der Waals surface area (Å²) in [5.74, 6) is 0. The molecule has 0 spiro atoms. The number of carbonyl (C=O) groups excluding carboxylic acids is 1. The summed E-state index contributed by atoms with van der Waals surface area (Å²) < 4.78 is 6.06. The molecule has 0 bridgehead atoms. The van der Waals surface area contributed by atoms with Gasteiger partial charge in [-0.25, -0.2) is 0 Å². The lowest BCUT2D eigenvalue weighted by atomic mass is 10.0. The first-order valence-electron chi connectivity index (χ1n) is 8.42. The molecule has 130 valence electrons. The Bertz CT molecular complexity index is 712. The normalized spacial score (nSPS) is 23.1. The lowest BCUT2D eigenvalue weighted by Gasteiger charge is -2.25. The molecular weight excluding hydrogens is 314 g/mol. The van der Waals surface area contributed by atoms with E-state index >= 15 is 0 Å². The number of aldehydes is 1. The Balaban J connectivity index is 1.76. The summed E-state index contributed by atoms with van der Waals surface area (Å²) in [7, 11) is 0. The Hall–Kier alpha value is -2.27. The third-order valence-electron chi connectivity index (χ3n) is 4.27. The van der Waals surface area contributed by atoms with Crippen molar-refractivity contribution in [3.63, 3.8) is 0 Å². The molecular formula is C21H23NO3. The molecule has 1 heterocycles. The fraction of sp³-hybridized carbons (Fsp3) is 0.286. The number of ether oxygens (including phenoxy) is 1. The number of carbonyl (C=O) groups is 1. The molecule has 1 aliphatic rings. The van der Waals surface area contributed by atoms with Crippen molar-refractivity contribution in [3.05, 3.63) is 77.9 Å². The molecule has 4 nitrogen and oxygen atoms in total. The molecule has 0 radical (unpaired) electrons. The molecule has 0 amide bonds. The van der Waals surface area contributed by atoms with Gasteiger partial charge in [-0.15, -0.1) is 5.06 Å². The van der Waals surface area contributed by atoms with Crippen molar-refractivity contribution >= 4 is 12.4 Å². The van der Waals surface area contributed by atoms with Gasteiger partial charge < -0.3 is 9.53 Å². The van der Waals surface area contributed by atoms with E-state index in [0.717, 1.165) is 17.4 Å². The highest BCUT2D eigenvalue weighted by atomic mass is 16.7. The van der Waals surface area contributed by atoms with Gasteiger partial charge in [0.15, 0.2) is 6.23 Å². The van der Waals surface area contributed by atoms with Crippen LogP contribution in [0.4, 0.5) is 0 Å². The summed E-state index contributed by atoms with van der Waals surface area (Å²) in [6.45, 7) is 4.20. The van der Waals surface area contributed by atoms with Gasteiger partial charge in [-0.3, -0.25) is 4.84 Å². The van der Waals surface area contributed by atoms with E-state index < -0.39 is 17.9 Å². The molecule has 0 aromatic heterocycles. The Kier molecular flexibility index (Phi) is 5.43. The Morgan fingerprint density at radius 1 is 1.08 bits per heavy atom. The number of hydroxylamine groups is 2. The summed E-state index contributed by atoms with van der Waals surface area (Å²) in [5, 5.41) is 1.65. The first kappa shape index (κ1) is 17.5. The third kappa shape index (κ3) is 4.23. The Morgan fingerprint density at radius 3 is 2.36 bits per heavy atom. The molecule has 1 saturated heterocycles. The Labute approximate surface area is 148 Å². The van der Waals surface area contributed by atoms with Gasteiger partial charge in [0.2, 0.25) is 0 Å². The van der Waals surface area contributed by atoms with E-state index in [2.05, 4.69) is 0 Å². The zero-order valence-corrected chi connectivity index (χ0v) is 14.5. The van der Waals surface area contributed by atoms with Crippen molar-refractivity contribution in [1.29, 1.82) is 0 Å². The molecule has 0 saturated carbocycles. The molecule has 0 N–H and O–H groups in total. The average Bonchev–Trinajstić information content (AvgIpc) is 2.89. The van der Waals surface area contributed by atoms with Crippen LogP contribution in [-0.4, -0.2) is 29.2 Å². The second-order valence-corrected chi connectivity index (χ2v) is 6.58. The third-order valence-corrected chi connectivity index (χ3v) is 4.27. The van der Waals surface area contributed by atoms with Crippen LogP contribution >= 0.6 is 0 Å². The van der Waals surface area contributed by atoms with E-state index in [0.29, 0.717) is 6.61 Å². The molecule has 2 aromatic rings. The molecule has 3 rings (SSSR count). The summed E-state index contributed by atoms with van der Waals surface area (Å²) >= 11 is 0. The van der Waals surface area contributed by atoms with E-state index in [-0.39, 0.29) is 0 Å². The van der Waals surface area contributed by atoms with Gasteiger partial charge in [0, 0.05) is 0 Å². The predicted molar refractivity (Wildman–Crippen MR) is 97.4 cm³/mol. The molecule has 2 unspecified atom stereocenters. The van der Waals surface area contributed by atoms with Gasteiger partial charge in [-0.05, 0) is 31.1 Å². The molecule has 2 atom stereocenters. The van der Waals surface area contributed by atoms with Gasteiger partial charge in [0.1, 0.15) is 12.3 Å². The second kappa shape index (κ2) is 7.74. The summed E-state index contributed by atoms with van der Waals surface area (Å²) in [4.78, 5) is 17.6. The van der Waals surface area contributed by atoms with Crippen LogP contribution in [0.3, 0.4) is 0 Å². The number of hydrogen-bond acceptors (Lipinski definition) is 4. The lowest BCUT2D eigenvalue weighted by Crippen LogP contribution is -2.43. The van der Waals surface area contributed by atoms with Crippen molar-refractivity contribution in [3.8, 4) is 0 Å². The highest BCUT2D eigenvalue weighted by Gasteiger charge is 2.47. The molecule has 2 aromatic carbocycles. The van der Waals surface area contributed by atoms with Crippen molar-refractivity contribution < 1.29 is 14.4 Å². The summed E-state index contributed by atoms with van der Waals surface area (Å²) in [6.07, 6.45) is 4.37. The van der Waals surface area contributed by atoms with E-state index in [1.807, 2.05) is 86.7 Å². The van der Waals surface area contributed by atoms with Crippen LogP contribution < -0.4 is 0 Å². The zero-order valence-electron chi connectivity index (χ0n) is 14.5. The maximum atomic E-state index is 11.6. The van der Waals surface area contributed by atoms with Crippen LogP contribution in [0.2, 0.25) is 0 Å². The van der Waals surface area contributed by atoms with Crippen LogP contribution in [0.25, 0.3) is 6.08 Å². The topological polar surface area (TPSA) is 38.8 Å². The molecule has 4 heteroatoms. The minimum absolute atomic E-state index is 0.389. The van der Waals surface area contributed by atoms with Gasteiger partial charge >= 0.3 is 0 Å². The fourth-order valence-corrected chi connectivity index (χ4v) is 2.88. The van der Waals surface area contributed by atoms with E-state index in [1.54, 1.807) is 5.06 Å². The largest absolute Gasteiger partial charge is 0.349 e. The average molecular weight is 337 g/mol. The maximum absolute atomic E-state index is 11.6. The fourth-order valence-electron chi connectivity index (χ4n) is 2.88. The minimum Gasteiger partial charge on any atom is -0.349 e. The molecule has 1 aliphatic heterocycles. The molecule has 0 aliphatic carbocycles. The van der Waals surface area contributed by atoms with Gasteiger partial charge in [0.05, 0.1) is 12.2 Å². The van der Waals surface area contributed by atoms with E-state index in [4.69, 9.17) is 9.57 Å². The van der Waals surface area contributed by atoms with Crippen molar-refractivity contribution in [2.24, 2.45) is 0 Å². The van der Waals surface area contributed by atoms with Crippen LogP contribution in [0.5, 0.6) is 0 Å². The lowest BCUT2D eigenvalue weighted by molar-refractivity contribution is -0.211. The van der Waals surface area contributed by atoms with Crippen LogP contribution in [0.1, 0.15) is 25.0 Å². The number of hydrogen-bond donors (Lipinski definition) is 0. The maximum Gasteiger partial charge on any atom is 0.154 e. The monoisotopic (exact) mass is 337 g/mol. The second-order valence-electron chi connectivity index (χ2n) is 6.58. The first-order valence-corrected chi connectivity index (χ1v) is 8.42. The summed E-state index contributed by atoms with van der Waals surface area (Å²) in [6, 6.07) is 19.4. The smallest absolute Gasteiger partial charge is 0.154 e. The van der Waals surface area contributed by atoms with E-state index in [9.17, 15) is 4.79 Å². The number of benzene rings is 2. The SMILES string of the molecule is CC1(C)OC(C=Cc2ccccc2)N(OCc2ccccc2)C1C=O. The van der Waals surface area contributed by atoms with Crippen LogP contribution in [-0.2, 0) is 21.0 Å². The quantitative estimate of drug-likeness (QED) is 0.751. The summed E-state index contributed by atoms with van der Waals surface area (Å²) in [5.41, 5.74) is 1.49. The van der Waals surface area contributed by atoms with Crippen molar-refractivity contribution in [2.45, 2.75) is 38.3 Å². The molecule has 1 fully saturated rings. The number of rotatable bonds is 6. The van der Waals surface area contributed by atoms with Gasteiger partial charge in [0.25, 0.3) is 0 Å². The van der Waals surface area contributed by atoms with Gasteiger partial charge in [-0.1, -0.05) is 66.7 Å². The van der Waals surface area contributed by atoms with Crippen LogP contribution in [0, 0.1) is 0 Å². The van der Waals surface area contributed by atoms with E-state index in [1.165, 1.54) is 0 Å². The van der Waals surface area contributed by atoms with Crippen molar-refractivity contribution in [2.75, 3.05) is 0 Å². The highest BCUT2D eigenvalue weighted by molar-refractivity contribution is 5.61. The predicted octanol–water partition coefficient (Wildman–Crippen LogP) is 3.84.